The lowest BCUT2D eigenvalue weighted by Crippen LogP contribution is -2.23. The van der Waals surface area contributed by atoms with Crippen molar-refractivity contribution in [1.82, 2.24) is 0 Å². The fourth-order valence-electron chi connectivity index (χ4n) is 4.00. The van der Waals surface area contributed by atoms with Gasteiger partial charge in [0, 0.05) is 5.41 Å². The van der Waals surface area contributed by atoms with Gasteiger partial charge in [0.15, 0.2) is 0 Å². The van der Waals surface area contributed by atoms with E-state index in [2.05, 4.69) is 71.0 Å². The van der Waals surface area contributed by atoms with E-state index in [0.717, 1.165) is 0 Å². The highest BCUT2D eigenvalue weighted by molar-refractivity contribution is 5.81. The third kappa shape index (κ3) is 1.96. The van der Waals surface area contributed by atoms with Gasteiger partial charge in [0.2, 0.25) is 0 Å². The van der Waals surface area contributed by atoms with Crippen LogP contribution in [-0.4, -0.2) is 0 Å². The first-order valence-corrected chi connectivity index (χ1v) is 8.29. The molecule has 1 aliphatic carbocycles. The van der Waals surface area contributed by atoms with Crippen LogP contribution >= 0.6 is 0 Å². The third-order valence-electron chi connectivity index (χ3n) is 5.41. The van der Waals surface area contributed by atoms with Gasteiger partial charge in [-0.25, -0.2) is 0 Å². The minimum absolute atomic E-state index is 0.210. The number of rotatable bonds is 3. The number of aryl methyl sites for hydroxylation is 1. The summed E-state index contributed by atoms with van der Waals surface area (Å²) < 4.78 is 0. The molecule has 110 valence electrons. The Kier molecular flexibility index (Phi) is 3.43. The van der Waals surface area contributed by atoms with Crippen molar-refractivity contribution in [3.63, 3.8) is 0 Å². The summed E-state index contributed by atoms with van der Waals surface area (Å²) in [6, 6.07) is 14.1. The van der Waals surface area contributed by atoms with Crippen LogP contribution in [0, 0.1) is 6.92 Å². The molecule has 0 unspecified atom stereocenters. The standard InChI is InChI=1S/C21H26/c1-6-21(7-2)19-12-15(5)8-10-17(19)18-11-9-16(14(3)4)13-20(18)21/h8-14H,6-7H2,1-5H3. The van der Waals surface area contributed by atoms with Gasteiger partial charge < -0.3 is 0 Å². The van der Waals surface area contributed by atoms with E-state index < -0.39 is 0 Å². The highest BCUT2D eigenvalue weighted by Crippen LogP contribution is 2.53. The maximum atomic E-state index is 2.47. The molecule has 2 aromatic carbocycles. The van der Waals surface area contributed by atoms with Crippen molar-refractivity contribution in [3.8, 4) is 11.1 Å². The lowest BCUT2D eigenvalue weighted by molar-refractivity contribution is 0.489. The summed E-state index contributed by atoms with van der Waals surface area (Å²) in [7, 11) is 0. The fraction of sp³-hybridized carbons (Fsp3) is 0.429. The monoisotopic (exact) mass is 278 g/mol. The Morgan fingerprint density at radius 2 is 1.43 bits per heavy atom. The minimum atomic E-state index is 0.210. The predicted octanol–water partition coefficient (Wildman–Crippen LogP) is 6.20. The molecule has 0 radical (unpaired) electrons. The Balaban J connectivity index is 2.32. The lowest BCUT2D eigenvalue weighted by Gasteiger charge is -2.30. The molecule has 0 heterocycles. The van der Waals surface area contributed by atoms with Gasteiger partial charge in [-0.1, -0.05) is 69.7 Å². The highest BCUT2D eigenvalue weighted by atomic mass is 14.4. The van der Waals surface area contributed by atoms with Crippen LogP contribution in [0.4, 0.5) is 0 Å². The van der Waals surface area contributed by atoms with E-state index in [1.54, 1.807) is 11.1 Å². The van der Waals surface area contributed by atoms with Gasteiger partial charge in [-0.2, -0.15) is 0 Å². The molecule has 0 aliphatic heterocycles. The topological polar surface area (TPSA) is 0 Å². The number of hydrogen-bond acceptors (Lipinski definition) is 0. The zero-order chi connectivity index (χ0) is 15.2. The molecule has 0 aromatic heterocycles. The molecule has 0 fully saturated rings. The average Bonchev–Trinajstić information content (AvgIpc) is 2.76. The number of fused-ring (bicyclic) bond motifs is 3. The van der Waals surface area contributed by atoms with E-state index in [9.17, 15) is 0 Å². The highest BCUT2D eigenvalue weighted by Gasteiger charge is 2.40. The van der Waals surface area contributed by atoms with Crippen molar-refractivity contribution in [3.05, 3.63) is 58.7 Å². The summed E-state index contributed by atoms with van der Waals surface area (Å²) in [5.74, 6) is 0.590. The fourth-order valence-corrected chi connectivity index (χ4v) is 4.00. The van der Waals surface area contributed by atoms with Crippen LogP contribution in [0.2, 0.25) is 0 Å². The molecule has 0 nitrogen and oxygen atoms in total. The summed E-state index contributed by atoms with van der Waals surface area (Å²) in [6.07, 6.45) is 2.35. The molecule has 0 bridgehead atoms. The molecular weight excluding hydrogens is 252 g/mol. The van der Waals surface area contributed by atoms with Crippen LogP contribution in [-0.2, 0) is 5.41 Å². The van der Waals surface area contributed by atoms with Crippen LogP contribution in [0.1, 0.15) is 68.7 Å². The van der Waals surface area contributed by atoms with E-state index in [1.807, 2.05) is 0 Å². The Labute approximate surface area is 129 Å². The quantitative estimate of drug-likeness (QED) is 0.626. The average molecular weight is 278 g/mol. The Hall–Kier alpha value is -1.56. The smallest absolute Gasteiger partial charge is 0.0210 e. The normalized spacial score (nSPS) is 15.1. The van der Waals surface area contributed by atoms with Gasteiger partial charge in [0.1, 0.15) is 0 Å². The molecule has 0 saturated heterocycles. The van der Waals surface area contributed by atoms with Gasteiger partial charge in [-0.15, -0.1) is 0 Å². The zero-order valence-corrected chi connectivity index (χ0v) is 14.0. The van der Waals surface area contributed by atoms with Gasteiger partial charge >= 0.3 is 0 Å². The van der Waals surface area contributed by atoms with Crippen LogP contribution in [0.25, 0.3) is 11.1 Å². The maximum Gasteiger partial charge on any atom is 0.0210 e. The zero-order valence-electron chi connectivity index (χ0n) is 14.0. The summed E-state index contributed by atoms with van der Waals surface area (Å²) in [4.78, 5) is 0. The molecule has 1 aliphatic rings. The second kappa shape index (κ2) is 5.02. The lowest BCUT2D eigenvalue weighted by atomic mass is 9.73. The largest absolute Gasteiger partial charge is 0.0642 e. The van der Waals surface area contributed by atoms with Gasteiger partial charge in [-0.3, -0.25) is 0 Å². The Morgan fingerprint density at radius 1 is 0.857 bits per heavy atom. The van der Waals surface area contributed by atoms with E-state index in [1.165, 1.54) is 35.1 Å². The van der Waals surface area contributed by atoms with Crippen molar-refractivity contribution in [2.45, 2.75) is 58.8 Å². The first-order chi connectivity index (χ1) is 10.0. The second-order valence-corrected chi connectivity index (χ2v) is 6.80. The van der Waals surface area contributed by atoms with E-state index >= 15 is 0 Å². The van der Waals surface area contributed by atoms with Crippen molar-refractivity contribution < 1.29 is 0 Å². The second-order valence-electron chi connectivity index (χ2n) is 6.80. The van der Waals surface area contributed by atoms with Gasteiger partial charge in [0.05, 0.1) is 0 Å². The summed E-state index contributed by atoms with van der Waals surface area (Å²) in [6.45, 7) is 11.5. The minimum Gasteiger partial charge on any atom is -0.0642 e. The van der Waals surface area contributed by atoms with E-state index in [0.29, 0.717) is 5.92 Å². The van der Waals surface area contributed by atoms with Gasteiger partial charge in [-0.05, 0) is 53.5 Å². The summed E-state index contributed by atoms with van der Waals surface area (Å²) in [5.41, 5.74) is 9.05. The molecule has 0 spiro atoms. The number of benzene rings is 2. The van der Waals surface area contributed by atoms with Crippen LogP contribution in [0.5, 0.6) is 0 Å². The van der Waals surface area contributed by atoms with Crippen molar-refractivity contribution in [2.24, 2.45) is 0 Å². The van der Waals surface area contributed by atoms with Crippen molar-refractivity contribution >= 4 is 0 Å². The van der Waals surface area contributed by atoms with Crippen LogP contribution in [0.3, 0.4) is 0 Å². The molecule has 0 saturated carbocycles. The molecule has 3 rings (SSSR count). The first kappa shape index (κ1) is 14.4. The predicted molar refractivity (Wildman–Crippen MR) is 92.1 cm³/mol. The van der Waals surface area contributed by atoms with Crippen LogP contribution < -0.4 is 0 Å². The molecular formula is C21H26. The summed E-state index contributed by atoms with van der Waals surface area (Å²) in [5, 5.41) is 0. The van der Waals surface area contributed by atoms with E-state index in [4.69, 9.17) is 0 Å². The Morgan fingerprint density at radius 3 is 2.00 bits per heavy atom. The van der Waals surface area contributed by atoms with Crippen molar-refractivity contribution in [2.75, 3.05) is 0 Å². The Bertz CT molecular complexity index is 672. The molecule has 0 amide bonds. The molecule has 0 N–H and O–H groups in total. The molecule has 0 atom stereocenters. The molecule has 21 heavy (non-hydrogen) atoms. The van der Waals surface area contributed by atoms with Crippen molar-refractivity contribution in [1.29, 1.82) is 0 Å². The third-order valence-corrected chi connectivity index (χ3v) is 5.41. The maximum absolute atomic E-state index is 2.47. The first-order valence-electron chi connectivity index (χ1n) is 8.29. The molecule has 2 aromatic rings. The molecule has 0 heteroatoms. The van der Waals surface area contributed by atoms with Gasteiger partial charge in [0.25, 0.3) is 0 Å². The number of hydrogen-bond donors (Lipinski definition) is 0. The summed E-state index contributed by atoms with van der Waals surface area (Å²) >= 11 is 0. The van der Waals surface area contributed by atoms with E-state index in [-0.39, 0.29) is 5.41 Å². The van der Waals surface area contributed by atoms with Crippen LogP contribution in [0.15, 0.2) is 36.4 Å². The SMILES string of the molecule is CCC1(CC)c2cc(C)ccc2-c2ccc(C(C)C)cc21.